The highest BCUT2D eigenvalue weighted by Gasteiger charge is 2.22. The van der Waals surface area contributed by atoms with Gasteiger partial charge in [-0.25, -0.2) is 4.39 Å². The predicted molar refractivity (Wildman–Crippen MR) is 67.3 cm³/mol. The number of phenols is 1. The second-order valence-electron chi connectivity index (χ2n) is 4.90. The molecule has 98 valence electrons. The van der Waals surface area contributed by atoms with Crippen LogP contribution in [0.4, 0.5) is 4.39 Å². The molecular weight excluding hydrogens is 233 g/mol. The molecule has 1 aromatic rings. The Morgan fingerprint density at radius 3 is 3.00 bits per heavy atom. The number of nitrogens with zero attached hydrogens (tertiary/aromatic N) is 1. The van der Waals surface area contributed by atoms with E-state index in [0.717, 1.165) is 31.5 Å². The van der Waals surface area contributed by atoms with Crippen molar-refractivity contribution in [3.05, 3.63) is 29.6 Å². The van der Waals surface area contributed by atoms with Crippen molar-refractivity contribution < 1.29 is 14.3 Å². The lowest BCUT2D eigenvalue weighted by Gasteiger charge is -2.32. The molecule has 1 heterocycles. The number of Topliss-reactive ketones (excluding diaryl/α,β-unsaturated/α-hetero) is 1. The second kappa shape index (κ2) is 5.48. The summed E-state index contributed by atoms with van der Waals surface area (Å²) in [6.45, 7) is 3.24. The average molecular weight is 251 g/mol. The van der Waals surface area contributed by atoms with E-state index in [9.17, 15) is 14.3 Å². The van der Waals surface area contributed by atoms with Gasteiger partial charge < -0.3 is 5.11 Å². The Morgan fingerprint density at radius 2 is 2.28 bits per heavy atom. The van der Waals surface area contributed by atoms with Crippen LogP contribution >= 0.6 is 0 Å². The van der Waals surface area contributed by atoms with Crippen LogP contribution in [-0.4, -0.2) is 34.9 Å². The molecule has 1 atom stereocenters. The van der Waals surface area contributed by atoms with E-state index in [0.29, 0.717) is 6.04 Å². The number of carbonyl (C=O) groups excluding carboxylic acids is 1. The molecule has 1 fully saturated rings. The van der Waals surface area contributed by atoms with E-state index in [1.54, 1.807) is 0 Å². The van der Waals surface area contributed by atoms with Gasteiger partial charge in [-0.15, -0.1) is 0 Å². The molecule has 0 aromatic heterocycles. The van der Waals surface area contributed by atoms with Crippen LogP contribution < -0.4 is 0 Å². The van der Waals surface area contributed by atoms with E-state index < -0.39 is 5.82 Å². The normalized spacial score (nSPS) is 20.9. The van der Waals surface area contributed by atoms with Gasteiger partial charge in [0, 0.05) is 6.04 Å². The zero-order chi connectivity index (χ0) is 13.1. The highest BCUT2D eigenvalue weighted by Crippen LogP contribution is 2.21. The van der Waals surface area contributed by atoms with Gasteiger partial charge in [0.1, 0.15) is 11.6 Å². The lowest BCUT2D eigenvalue weighted by molar-refractivity contribution is 0.0857. The Labute approximate surface area is 106 Å². The first-order valence-electron chi connectivity index (χ1n) is 6.33. The maximum Gasteiger partial charge on any atom is 0.180 e. The molecule has 1 saturated heterocycles. The van der Waals surface area contributed by atoms with Crippen molar-refractivity contribution in [1.29, 1.82) is 0 Å². The van der Waals surface area contributed by atoms with E-state index in [2.05, 4.69) is 11.8 Å². The third-order valence-corrected chi connectivity index (χ3v) is 3.55. The highest BCUT2D eigenvalue weighted by atomic mass is 19.1. The summed E-state index contributed by atoms with van der Waals surface area (Å²) >= 11 is 0. The molecule has 0 aliphatic carbocycles. The molecule has 4 heteroatoms. The van der Waals surface area contributed by atoms with Gasteiger partial charge in [0.25, 0.3) is 0 Å². The standard InChI is InChI=1S/C14H18FNO2/c1-10-4-2-3-7-16(10)9-14(18)12-8-11(15)5-6-13(12)17/h5-6,8,10,17H,2-4,7,9H2,1H3. The number of benzene rings is 1. The third kappa shape index (κ3) is 2.88. The van der Waals surface area contributed by atoms with Crippen LogP contribution in [0.15, 0.2) is 18.2 Å². The number of halogens is 1. The summed E-state index contributed by atoms with van der Waals surface area (Å²) in [5.74, 6) is -0.866. The van der Waals surface area contributed by atoms with Crippen molar-refractivity contribution >= 4 is 5.78 Å². The van der Waals surface area contributed by atoms with Crippen LogP contribution in [0.3, 0.4) is 0 Å². The Balaban J connectivity index is 2.09. The monoisotopic (exact) mass is 251 g/mol. The molecule has 1 aliphatic rings. The quantitative estimate of drug-likeness (QED) is 0.839. The first-order valence-corrected chi connectivity index (χ1v) is 6.33. The van der Waals surface area contributed by atoms with Gasteiger partial charge in [0.05, 0.1) is 12.1 Å². The van der Waals surface area contributed by atoms with Crippen LogP contribution in [0.1, 0.15) is 36.5 Å². The minimum absolute atomic E-state index is 0.0766. The predicted octanol–water partition coefficient (Wildman–Crippen LogP) is 2.59. The van der Waals surface area contributed by atoms with Gasteiger partial charge in [-0.3, -0.25) is 9.69 Å². The van der Waals surface area contributed by atoms with E-state index in [1.165, 1.54) is 12.5 Å². The third-order valence-electron chi connectivity index (χ3n) is 3.55. The highest BCUT2D eigenvalue weighted by molar-refractivity contribution is 6.00. The first-order chi connectivity index (χ1) is 8.58. The first kappa shape index (κ1) is 13.0. The van der Waals surface area contributed by atoms with Gasteiger partial charge >= 0.3 is 0 Å². The number of likely N-dealkylation sites (tertiary alicyclic amines) is 1. The number of aromatic hydroxyl groups is 1. The van der Waals surface area contributed by atoms with Crippen LogP contribution in [0.25, 0.3) is 0 Å². The smallest absolute Gasteiger partial charge is 0.180 e. The van der Waals surface area contributed by atoms with Gasteiger partial charge in [0.2, 0.25) is 0 Å². The van der Waals surface area contributed by atoms with E-state index in [4.69, 9.17) is 0 Å². The van der Waals surface area contributed by atoms with Gasteiger partial charge in [-0.2, -0.15) is 0 Å². The molecule has 0 amide bonds. The van der Waals surface area contributed by atoms with Gasteiger partial charge in [-0.1, -0.05) is 6.42 Å². The summed E-state index contributed by atoms with van der Waals surface area (Å²) in [6.07, 6.45) is 3.37. The van der Waals surface area contributed by atoms with Crippen molar-refractivity contribution in [2.45, 2.75) is 32.2 Å². The van der Waals surface area contributed by atoms with Crippen LogP contribution in [0, 0.1) is 5.82 Å². The molecule has 1 aromatic carbocycles. The van der Waals surface area contributed by atoms with Crippen molar-refractivity contribution in [2.24, 2.45) is 0 Å². The van der Waals surface area contributed by atoms with Crippen molar-refractivity contribution in [3.63, 3.8) is 0 Å². The van der Waals surface area contributed by atoms with Crippen molar-refractivity contribution in [1.82, 2.24) is 4.90 Å². The summed E-state index contributed by atoms with van der Waals surface area (Å²) in [5.41, 5.74) is 0.0766. The number of rotatable bonds is 3. The fourth-order valence-electron chi connectivity index (χ4n) is 2.39. The lowest BCUT2D eigenvalue weighted by Crippen LogP contribution is -2.40. The molecule has 0 saturated carbocycles. The number of piperidine rings is 1. The summed E-state index contributed by atoms with van der Waals surface area (Å²) in [4.78, 5) is 14.2. The summed E-state index contributed by atoms with van der Waals surface area (Å²) in [6, 6.07) is 3.85. The molecular formula is C14H18FNO2. The number of hydrogen-bond acceptors (Lipinski definition) is 3. The number of ketones is 1. The number of hydrogen-bond donors (Lipinski definition) is 1. The molecule has 1 unspecified atom stereocenters. The maximum absolute atomic E-state index is 13.1. The van der Waals surface area contributed by atoms with E-state index >= 15 is 0 Å². The summed E-state index contributed by atoms with van der Waals surface area (Å²) < 4.78 is 13.1. The zero-order valence-electron chi connectivity index (χ0n) is 10.5. The van der Waals surface area contributed by atoms with Crippen LogP contribution in [0.2, 0.25) is 0 Å². The van der Waals surface area contributed by atoms with Crippen molar-refractivity contribution in [2.75, 3.05) is 13.1 Å². The Morgan fingerprint density at radius 1 is 1.50 bits per heavy atom. The molecule has 3 nitrogen and oxygen atoms in total. The topological polar surface area (TPSA) is 40.5 Å². The molecule has 0 bridgehead atoms. The Kier molecular flexibility index (Phi) is 3.97. The Hall–Kier alpha value is -1.42. The molecule has 1 N–H and O–H groups in total. The average Bonchev–Trinajstić information content (AvgIpc) is 2.35. The van der Waals surface area contributed by atoms with Gasteiger partial charge in [0.15, 0.2) is 5.78 Å². The van der Waals surface area contributed by atoms with Crippen LogP contribution in [0.5, 0.6) is 5.75 Å². The molecule has 0 spiro atoms. The lowest BCUT2D eigenvalue weighted by atomic mass is 10.0. The SMILES string of the molecule is CC1CCCCN1CC(=O)c1cc(F)ccc1O. The fourth-order valence-corrected chi connectivity index (χ4v) is 2.39. The van der Waals surface area contributed by atoms with E-state index in [1.807, 2.05) is 0 Å². The maximum atomic E-state index is 13.1. The fraction of sp³-hybridized carbons (Fsp3) is 0.500. The number of phenolic OH excluding ortho intramolecular Hbond substituents is 1. The van der Waals surface area contributed by atoms with Crippen molar-refractivity contribution in [3.8, 4) is 5.75 Å². The van der Waals surface area contributed by atoms with Crippen LogP contribution in [-0.2, 0) is 0 Å². The molecule has 18 heavy (non-hydrogen) atoms. The number of carbonyl (C=O) groups is 1. The largest absolute Gasteiger partial charge is 0.507 e. The summed E-state index contributed by atoms with van der Waals surface area (Å²) in [7, 11) is 0. The molecule has 0 radical (unpaired) electrons. The molecule has 1 aliphatic heterocycles. The zero-order valence-corrected chi connectivity index (χ0v) is 10.5. The van der Waals surface area contributed by atoms with E-state index in [-0.39, 0.29) is 23.6 Å². The minimum atomic E-state index is -0.497. The molecule has 2 rings (SSSR count). The van der Waals surface area contributed by atoms with Gasteiger partial charge in [-0.05, 0) is 44.5 Å². The minimum Gasteiger partial charge on any atom is -0.507 e. The second-order valence-corrected chi connectivity index (χ2v) is 4.90. The Bertz CT molecular complexity index is 447. The summed E-state index contributed by atoms with van der Waals surface area (Å²) in [5, 5.41) is 9.59.